The average Bonchev–Trinajstić information content (AvgIpc) is 2.76. The predicted octanol–water partition coefficient (Wildman–Crippen LogP) is 2.05. The smallest absolute Gasteiger partial charge is 0.237 e. The van der Waals surface area contributed by atoms with Gasteiger partial charge in [-0.25, -0.2) is 0 Å². The lowest BCUT2D eigenvalue weighted by Gasteiger charge is -2.26. The minimum Gasteiger partial charge on any atom is -0.480 e. The molecule has 1 saturated carbocycles. The van der Waals surface area contributed by atoms with Crippen LogP contribution in [0.4, 0.5) is 0 Å². The number of nitrogens with one attached hydrogen (secondary N) is 1. The van der Waals surface area contributed by atoms with E-state index in [1.807, 2.05) is 6.20 Å². The molecule has 1 aliphatic carbocycles. The topological polar surface area (TPSA) is 38.6 Å². The minimum atomic E-state index is 0.689. The molecular formula is C11H15N3OS. The van der Waals surface area contributed by atoms with Crippen LogP contribution >= 0.6 is 11.3 Å². The van der Waals surface area contributed by atoms with Gasteiger partial charge in [0.25, 0.3) is 0 Å². The van der Waals surface area contributed by atoms with E-state index in [-0.39, 0.29) is 0 Å². The minimum absolute atomic E-state index is 0.689. The molecule has 1 N–H and O–H groups in total. The van der Waals surface area contributed by atoms with Gasteiger partial charge in [0.2, 0.25) is 5.88 Å². The van der Waals surface area contributed by atoms with Crippen LogP contribution in [0.15, 0.2) is 11.6 Å². The van der Waals surface area contributed by atoms with Gasteiger partial charge < -0.3 is 10.1 Å². The fraction of sp³-hybridized carbons (Fsp3) is 0.545. The molecule has 0 aromatic carbocycles. The van der Waals surface area contributed by atoms with Crippen LogP contribution in [0, 0.1) is 0 Å². The molecule has 0 radical (unpaired) electrons. The summed E-state index contributed by atoms with van der Waals surface area (Å²) in [5.41, 5.74) is 1.13. The van der Waals surface area contributed by atoms with Crippen molar-refractivity contribution in [2.24, 2.45) is 0 Å². The van der Waals surface area contributed by atoms with Gasteiger partial charge in [0.05, 0.1) is 7.11 Å². The van der Waals surface area contributed by atoms with Crippen molar-refractivity contribution in [3.63, 3.8) is 0 Å². The largest absolute Gasteiger partial charge is 0.480 e. The second-order valence-electron chi connectivity index (χ2n) is 4.13. The number of imidazole rings is 1. The summed E-state index contributed by atoms with van der Waals surface area (Å²) in [4.78, 5) is 5.43. The molecule has 0 bridgehead atoms. The van der Waals surface area contributed by atoms with Gasteiger partial charge in [-0.15, -0.1) is 11.3 Å². The maximum atomic E-state index is 5.31. The zero-order chi connectivity index (χ0) is 11.0. The number of aromatic nitrogens is 2. The molecule has 2 aromatic rings. The molecule has 0 spiro atoms. The van der Waals surface area contributed by atoms with Crippen molar-refractivity contribution in [3.05, 3.63) is 17.3 Å². The van der Waals surface area contributed by atoms with Gasteiger partial charge in [0.15, 0.2) is 4.96 Å². The zero-order valence-electron chi connectivity index (χ0n) is 9.27. The molecule has 16 heavy (non-hydrogen) atoms. The molecule has 3 rings (SSSR count). The van der Waals surface area contributed by atoms with Crippen molar-refractivity contribution in [3.8, 4) is 5.88 Å². The third-order valence-electron chi connectivity index (χ3n) is 3.18. The highest BCUT2D eigenvalue weighted by Gasteiger charge is 2.19. The Labute approximate surface area is 98.3 Å². The lowest BCUT2D eigenvalue weighted by Crippen LogP contribution is -2.34. The summed E-state index contributed by atoms with van der Waals surface area (Å²) in [5, 5.41) is 5.59. The normalized spacial score (nSPS) is 16.6. The maximum absolute atomic E-state index is 5.31. The Bertz CT molecular complexity index is 486. The number of ether oxygens (including phenoxy) is 1. The summed E-state index contributed by atoms with van der Waals surface area (Å²) in [5.74, 6) is 0.749. The molecule has 0 amide bonds. The molecule has 0 atom stereocenters. The third-order valence-corrected chi connectivity index (χ3v) is 3.94. The molecule has 0 aliphatic heterocycles. The van der Waals surface area contributed by atoms with Gasteiger partial charge >= 0.3 is 0 Å². The molecule has 1 fully saturated rings. The standard InChI is InChI=1S/C11H15N3OS/c1-15-10-9(7-12-8-3-2-4-8)14-5-6-16-11(14)13-10/h5-6,8,12H,2-4,7H2,1H3. The van der Waals surface area contributed by atoms with E-state index in [4.69, 9.17) is 4.74 Å². The van der Waals surface area contributed by atoms with Crippen LogP contribution in [0.5, 0.6) is 5.88 Å². The van der Waals surface area contributed by atoms with Gasteiger partial charge in [-0.05, 0) is 12.8 Å². The molecule has 2 aromatic heterocycles. The van der Waals surface area contributed by atoms with Crippen LogP contribution in [0.2, 0.25) is 0 Å². The molecule has 0 saturated heterocycles. The predicted molar refractivity (Wildman–Crippen MR) is 64.1 cm³/mol. The van der Waals surface area contributed by atoms with Crippen LogP contribution in [-0.4, -0.2) is 22.5 Å². The monoisotopic (exact) mass is 237 g/mol. The number of hydrogen-bond donors (Lipinski definition) is 1. The third kappa shape index (κ3) is 1.60. The van der Waals surface area contributed by atoms with Gasteiger partial charge in [0, 0.05) is 24.2 Å². The van der Waals surface area contributed by atoms with E-state index in [2.05, 4.69) is 20.1 Å². The molecule has 5 heteroatoms. The SMILES string of the molecule is COc1nc2sccn2c1CNC1CCC1. The number of methoxy groups -OCH3 is 1. The summed E-state index contributed by atoms with van der Waals surface area (Å²) in [6.45, 7) is 0.839. The first-order chi connectivity index (χ1) is 7.88. The first-order valence-electron chi connectivity index (χ1n) is 5.60. The highest BCUT2D eigenvalue weighted by atomic mass is 32.1. The lowest BCUT2D eigenvalue weighted by molar-refractivity contribution is 0.331. The van der Waals surface area contributed by atoms with Gasteiger partial charge in [-0.2, -0.15) is 4.98 Å². The van der Waals surface area contributed by atoms with E-state index in [1.54, 1.807) is 18.4 Å². The van der Waals surface area contributed by atoms with Gasteiger partial charge in [0.1, 0.15) is 5.69 Å². The van der Waals surface area contributed by atoms with E-state index in [1.165, 1.54) is 19.3 Å². The number of fused-ring (bicyclic) bond motifs is 1. The lowest BCUT2D eigenvalue weighted by atomic mass is 9.93. The Morgan fingerprint density at radius 1 is 1.62 bits per heavy atom. The van der Waals surface area contributed by atoms with E-state index < -0.39 is 0 Å². The average molecular weight is 237 g/mol. The fourth-order valence-corrected chi connectivity index (χ4v) is 2.71. The van der Waals surface area contributed by atoms with E-state index in [0.717, 1.165) is 23.1 Å². The van der Waals surface area contributed by atoms with Crippen LogP contribution in [0.1, 0.15) is 25.0 Å². The highest BCUT2D eigenvalue weighted by molar-refractivity contribution is 7.15. The summed E-state index contributed by atoms with van der Waals surface area (Å²) < 4.78 is 7.41. The Hall–Kier alpha value is -1.07. The molecule has 1 aliphatic rings. The van der Waals surface area contributed by atoms with Crippen molar-refractivity contribution >= 4 is 16.3 Å². The highest BCUT2D eigenvalue weighted by Crippen LogP contribution is 2.24. The molecule has 4 nitrogen and oxygen atoms in total. The fourth-order valence-electron chi connectivity index (χ4n) is 1.99. The number of rotatable bonds is 4. The van der Waals surface area contributed by atoms with E-state index >= 15 is 0 Å². The first kappa shape index (κ1) is 10.1. The molecule has 86 valence electrons. The van der Waals surface area contributed by atoms with Crippen LogP contribution in [-0.2, 0) is 6.54 Å². The molecular weight excluding hydrogens is 222 g/mol. The van der Waals surface area contributed by atoms with Crippen molar-refractivity contribution in [1.29, 1.82) is 0 Å². The Balaban J connectivity index is 1.83. The number of nitrogens with zero attached hydrogens (tertiary/aromatic N) is 2. The molecule has 2 heterocycles. The van der Waals surface area contributed by atoms with E-state index in [9.17, 15) is 0 Å². The van der Waals surface area contributed by atoms with Crippen LogP contribution < -0.4 is 10.1 Å². The van der Waals surface area contributed by atoms with Crippen molar-refractivity contribution < 1.29 is 4.74 Å². The van der Waals surface area contributed by atoms with E-state index in [0.29, 0.717) is 6.04 Å². The second kappa shape index (κ2) is 4.07. The summed E-state index contributed by atoms with van der Waals surface area (Å²) in [6, 6.07) is 0.689. The quantitative estimate of drug-likeness (QED) is 0.884. The number of hydrogen-bond acceptors (Lipinski definition) is 4. The maximum Gasteiger partial charge on any atom is 0.237 e. The second-order valence-corrected chi connectivity index (χ2v) is 5.01. The summed E-state index contributed by atoms with van der Waals surface area (Å²) >= 11 is 1.64. The Morgan fingerprint density at radius 3 is 3.19 bits per heavy atom. The molecule has 0 unspecified atom stereocenters. The summed E-state index contributed by atoms with van der Waals surface area (Å²) in [7, 11) is 1.68. The van der Waals surface area contributed by atoms with Gasteiger partial charge in [-0.1, -0.05) is 6.42 Å². The first-order valence-corrected chi connectivity index (χ1v) is 6.48. The Kier molecular flexibility index (Phi) is 2.57. The Morgan fingerprint density at radius 2 is 2.50 bits per heavy atom. The van der Waals surface area contributed by atoms with Gasteiger partial charge in [-0.3, -0.25) is 4.40 Å². The van der Waals surface area contributed by atoms with Crippen LogP contribution in [0.3, 0.4) is 0 Å². The summed E-state index contributed by atoms with van der Waals surface area (Å²) in [6.07, 6.45) is 6.00. The van der Waals surface area contributed by atoms with Crippen LogP contribution in [0.25, 0.3) is 4.96 Å². The van der Waals surface area contributed by atoms with Crippen molar-refractivity contribution in [2.75, 3.05) is 7.11 Å². The van der Waals surface area contributed by atoms with Crippen molar-refractivity contribution in [2.45, 2.75) is 31.8 Å². The van der Waals surface area contributed by atoms with Crippen molar-refractivity contribution in [1.82, 2.24) is 14.7 Å². The number of thiazole rings is 1. The zero-order valence-corrected chi connectivity index (χ0v) is 10.1.